The fraction of sp³-hybridized carbons (Fsp3) is 0.800. The van der Waals surface area contributed by atoms with Crippen molar-refractivity contribution in [2.45, 2.75) is 66.0 Å². The normalized spacial score (nSPS) is 25.9. The van der Waals surface area contributed by atoms with Crippen molar-refractivity contribution in [3.8, 4) is 0 Å². The van der Waals surface area contributed by atoms with Crippen LogP contribution < -0.4 is 0 Å². The summed E-state index contributed by atoms with van der Waals surface area (Å²) in [5.74, 6) is 3.62. The van der Waals surface area contributed by atoms with Gasteiger partial charge < -0.3 is 18.9 Å². The third kappa shape index (κ3) is 87.3. The number of allylic oxidation sites excluding steroid dienone is 2. The van der Waals surface area contributed by atoms with Gasteiger partial charge in [0.2, 0.25) is 0 Å². The third-order valence-electron chi connectivity index (χ3n) is 2.00. The van der Waals surface area contributed by atoms with Gasteiger partial charge in [0, 0.05) is 0 Å². The summed E-state index contributed by atoms with van der Waals surface area (Å²) in [4.78, 5) is 0. The summed E-state index contributed by atoms with van der Waals surface area (Å²) in [5.41, 5.74) is 0. The monoisotopic (exact) mass is 504 g/mol. The van der Waals surface area contributed by atoms with Gasteiger partial charge >= 0.3 is 0 Å². The van der Waals surface area contributed by atoms with Gasteiger partial charge in [-0.2, -0.15) is 0 Å². The van der Waals surface area contributed by atoms with Crippen molar-refractivity contribution in [1.82, 2.24) is 0 Å². The highest BCUT2D eigenvalue weighted by Crippen LogP contribution is 2.05. The van der Waals surface area contributed by atoms with Crippen LogP contribution in [-0.4, -0.2) is 62.5 Å². The smallest absolute Gasteiger partial charge is 0.0781 e. The Balaban J connectivity index is -0.000000108. The molecule has 0 saturated carbocycles. The van der Waals surface area contributed by atoms with Crippen LogP contribution in [0.5, 0.6) is 0 Å². The molecule has 2 unspecified atom stereocenters. The van der Waals surface area contributed by atoms with Crippen molar-refractivity contribution in [3.05, 3.63) is 25.3 Å². The Hall–Kier alpha value is 0.280. The molecule has 4 nitrogen and oxygen atoms in total. The van der Waals surface area contributed by atoms with Crippen LogP contribution in [0.4, 0.5) is 0 Å². The van der Waals surface area contributed by atoms with Crippen LogP contribution in [0, 0.1) is 0 Å². The third-order valence-corrected chi connectivity index (χ3v) is 2.00. The molecule has 160 valence electrons. The molecule has 0 aliphatic carbocycles. The maximum atomic E-state index is 4.71. The largest absolute Gasteiger partial charge is 0.373 e. The predicted octanol–water partition coefficient (Wildman–Crippen LogP) is 6.03. The molecule has 0 N–H and O–H groups in total. The first-order chi connectivity index (χ1) is 12.4. The Kier molecular flexibility index (Phi) is 39.1. The highest BCUT2D eigenvalue weighted by molar-refractivity contribution is 9.09. The SMILES string of the molecule is C=CC.C=CC.CBr.CBr.CC1CO1.CC1CO1.C[C@@H]1CO1.C[C@H]1CO1. The van der Waals surface area contributed by atoms with Crippen molar-refractivity contribution < 1.29 is 18.9 Å². The Morgan fingerprint density at radius 1 is 0.577 bits per heavy atom. The first-order valence-corrected chi connectivity index (χ1v) is 11.9. The molecule has 0 aromatic heterocycles. The Labute approximate surface area is 180 Å². The summed E-state index contributed by atoms with van der Waals surface area (Å²) in [6.45, 7) is 22.7. The number of rotatable bonds is 0. The Morgan fingerprint density at radius 2 is 0.615 bits per heavy atom. The molecule has 0 bridgehead atoms. The van der Waals surface area contributed by atoms with E-state index in [0.717, 1.165) is 26.4 Å². The van der Waals surface area contributed by atoms with Crippen molar-refractivity contribution in [2.75, 3.05) is 38.1 Å². The van der Waals surface area contributed by atoms with E-state index in [1.54, 1.807) is 12.2 Å². The van der Waals surface area contributed by atoms with Crippen molar-refractivity contribution in [3.63, 3.8) is 0 Å². The first kappa shape index (κ1) is 33.8. The molecule has 0 radical (unpaired) electrons. The van der Waals surface area contributed by atoms with E-state index in [2.05, 4.69) is 72.7 Å². The van der Waals surface area contributed by atoms with E-state index in [9.17, 15) is 0 Å². The molecule has 4 saturated heterocycles. The average Bonchev–Trinajstić information content (AvgIpc) is 3.42. The molecule has 4 fully saturated rings. The van der Waals surface area contributed by atoms with E-state index in [4.69, 9.17) is 18.9 Å². The number of epoxide rings is 4. The van der Waals surface area contributed by atoms with Gasteiger partial charge in [-0.1, -0.05) is 44.0 Å². The van der Waals surface area contributed by atoms with Gasteiger partial charge in [-0.25, -0.2) is 0 Å². The van der Waals surface area contributed by atoms with E-state index >= 15 is 0 Å². The topological polar surface area (TPSA) is 50.1 Å². The second-order valence-electron chi connectivity index (χ2n) is 5.39. The lowest BCUT2D eigenvalue weighted by atomic mass is 10.6. The minimum Gasteiger partial charge on any atom is -0.373 e. The molecule has 4 aliphatic heterocycles. The summed E-state index contributed by atoms with van der Waals surface area (Å²) in [5, 5.41) is 0. The summed E-state index contributed by atoms with van der Waals surface area (Å²) >= 11 is 5.88. The van der Waals surface area contributed by atoms with E-state index in [1.807, 2.05) is 25.5 Å². The van der Waals surface area contributed by atoms with Gasteiger partial charge in [0.15, 0.2) is 0 Å². The fourth-order valence-corrected chi connectivity index (χ4v) is 0.385. The van der Waals surface area contributed by atoms with Crippen LogP contribution in [0.15, 0.2) is 25.3 Å². The quantitative estimate of drug-likeness (QED) is 0.229. The maximum absolute atomic E-state index is 4.71. The summed E-state index contributed by atoms with van der Waals surface area (Å²) < 4.78 is 18.8. The van der Waals surface area contributed by atoms with E-state index in [1.165, 1.54) is 0 Å². The molecular weight excluding hydrogens is 464 g/mol. The van der Waals surface area contributed by atoms with Crippen molar-refractivity contribution >= 4 is 31.9 Å². The lowest BCUT2D eigenvalue weighted by Gasteiger charge is -1.51. The number of alkyl halides is 2. The Morgan fingerprint density at radius 3 is 0.615 bits per heavy atom. The molecule has 0 spiro atoms. The van der Waals surface area contributed by atoms with Gasteiger partial charge in [0.05, 0.1) is 50.8 Å². The Bertz CT molecular complexity index is 204. The van der Waals surface area contributed by atoms with E-state index in [0.29, 0.717) is 24.4 Å². The van der Waals surface area contributed by atoms with E-state index in [-0.39, 0.29) is 0 Å². The molecular formula is C20H42Br2O4. The van der Waals surface area contributed by atoms with Gasteiger partial charge in [0.25, 0.3) is 0 Å². The number of ether oxygens (including phenoxy) is 4. The number of hydrogen-bond donors (Lipinski definition) is 0. The summed E-state index contributed by atoms with van der Waals surface area (Å²) in [7, 11) is 0. The van der Waals surface area contributed by atoms with E-state index < -0.39 is 0 Å². The van der Waals surface area contributed by atoms with Crippen molar-refractivity contribution in [2.24, 2.45) is 0 Å². The van der Waals surface area contributed by atoms with Crippen LogP contribution in [0.1, 0.15) is 41.5 Å². The zero-order valence-electron chi connectivity index (χ0n) is 18.1. The summed E-state index contributed by atoms with van der Waals surface area (Å²) in [6.07, 6.45) is 5.83. The van der Waals surface area contributed by atoms with Crippen LogP contribution in [0.2, 0.25) is 0 Å². The highest BCUT2D eigenvalue weighted by atomic mass is 79.9. The predicted molar refractivity (Wildman–Crippen MR) is 123 cm³/mol. The molecule has 0 amide bonds. The lowest BCUT2D eigenvalue weighted by molar-refractivity contribution is 0.423. The molecule has 4 aliphatic rings. The van der Waals surface area contributed by atoms with Gasteiger partial charge in [-0.3, -0.25) is 0 Å². The van der Waals surface area contributed by atoms with Crippen LogP contribution in [0.25, 0.3) is 0 Å². The number of halogens is 2. The van der Waals surface area contributed by atoms with Crippen molar-refractivity contribution in [1.29, 1.82) is 0 Å². The second kappa shape index (κ2) is 30.0. The highest BCUT2D eigenvalue weighted by Gasteiger charge is 2.14. The zero-order chi connectivity index (χ0) is 21.4. The average molecular weight is 506 g/mol. The fourth-order valence-electron chi connectivity index (χ4n) is 0.385. The van der Waals surface area contributed by atoms with Gasteiger partial charge in [-0.15, -0.1) is 13.2 Å². The lowest BCUT2D eigenvalue weighted by Crippen LogP contribution is -1.60. The number of hydrogen-bond acceptors (Lipinski definition) is 4. The van der Waals surface area contributed by atoms with Crippen LogP contribution in [-0.2, 0) is 18.9 Å². The van der Waals surface area contributed by atoms with Gasteiger partial charge in [-0.05, 0) is 53.2 Å². The van der Waals surface area contributed by atoms with Crippen LogP contribution >= 0.6 is 31.9 Å². The standard InChI is InChI=1S/4C3H6O.2C3H6.2CH3Br/c4*1-3-2-4-3;2*1-3-2;2*1-2/h4*3H,2H2,1H3;2*3H,1H2,2H3;2*1H3/t2*3-;;;;;;/m10....../s1. The molecule has 4 heterocycles. The first-order valence-electron chi connectivity index (χ1n) is 8.77. The maximum Gasteiger partial charge on any atom is 0.0781 e. The van der Waals surface area contributed by atoms with Gasteiger partial charge in [0.1, 0.15) is 0 Å². The zero-order valence-corrected chi connectivity index (χ0v) is 21.3. The molecule has 4 atom stereocenters. The van der Waals surface area contributed by atoms with Crippen LogP contribution in [0.3, 0.4) is 0 Å². The summed E-state index contributed by atoms with van der Waals surface area (Å²) in [6, 6.07) is 0. The molecule has 6 heteroatoms. The minimum absolute atomic E-state index is 0.583. The molecule has 4 rings (SSSR count). The molecule has 0 aromatic carbocycles. The minimum atomic E-state index is 0.583. The molecule has 0 aromatic rings. The molecule has 26 heavy (non-hydrogen) atoms. The second-order valence-corrected chi connectivity index (χ2v) is 5.39.